The Bertz CT molecular complexity index is 1520. The van der Waals surface area contributed by atoms with E-state index in [-0.39, 0.29) is 23.3 Å². The molecule has 3 aromatic carbocycles. The Morgan fingerprint density at radius 1 is 0.830 bits per heavy atom. The van der Waals surface area contributed by atoms with E-state index >= 15 is 0 Å². The number of nitrogens with zero attached hydrogens (tertiary/aromatic N) is 2. The molecular formula is C38H46ClN5O3. The van der Waals surface area contributed by atoms with E-state index in [0.29, 0.717) is 50.5 Å². The summed E-state index contributed by atoms with van der Waals surface area (Å²) < 4.78 is 0. The average Bonchev–Trinajstić information content (AvgIpc) is 3.11. The van der Waals surface area contributed by atoms with Crippen molar-refractivity contribution in [1.29, 1.82) is 0 Å². The van der Waals surface area contributed by atoms with Crippen molar-refractivity contribution in [2.24, 2.45) is 0 Å². The first-order chi connectivity index (χ1) is 22.9. The Morgan fingerprint density at radius 3 is 2.23 bits per heavy atom. The fourth-order valence-corrected chi connectivity index (χ4v) is 7.64. The number of amides is 3. The Morgan fingerprint density at radius 2 is 1.51 bits per heavy atom. The lowest BCUT2D eigenvalue weighted by molar-refractivity contribution is -0.139. The van der Waals surface area contributed by atoms with Crippen molar-refractivity contribution in [3.8, 4) is 0 Å². The molecule has 3 N–H and O–H groups in total. The van der Waals surface area contributed by atoms with Gasteiger partial charge >= 0.3 is 0 Å². The summed E-state index contributed by atoms with van der Waals surface area (Å²) in [5.41, 5.74) is 4.23. The Balaban J connectivity index is 1.10. The van der Waals surface area contributed by atoms with E-state index in [9.17, 15) is 14.4 Å². The summed E-state index contributed by atoms with van der Waals surface area (Å²) in [4.78, 5) is 45.0. The summed E-state index contributed by atoms with van der Waals surface area (Å²) in [5, 5.41) is 10.4. The summed E-state index contributed by atoms with van der Waals surface area (Å²) in [5.74, 6) is -0.164. The van der Waals surface area contributed by atoms with Gasteiger partial charge < -0.3 is 20.9 Å². The molecule has 0 bridgehead atoms. The van der Waals surface area contributed by atoms with Gasteiger partial charge in [0.2, 0.25) is 17.7 Å². The zero-order valence-electron chi connectivity index (χ0n) is 27.1. The van der Waals surface area contributed by atoms with Gasteiger partial charge in [-0.2, -0.15) is 0 Å². The van der Waals surface area contributed by atoms with E-state index in [2.05, 4.69) is 33.0 Å². The molecule has 1 saturated heterocycles. The fraction of sp³-hybridized carbons (Fsp3) is 0.447. The van der Waals surface area contributed by atoms with Gasteiger partial charge in [0.25, 0.3) is 0 Å². The zero-order chi connectivity index (χ0) is 32.6. The second kappa shape index (κ2) is 15.5. The molecule has 2 heterocycles. The topological polar surface area (TPSA) is 93.8 Å². The summed E-state index contributed by atoms with van der Waals surface area (Å²) in [6.45, 7) is 3.90. The summed E-state index contributed by atoms with van der Waals surface area (Å²) in [6.07, 6.45) is 6.94. The number of nitrogens with one attached hydrogen (secondary N) is 3. The second-order valence-corrected chi connectivity index (χ2v) is 13.8. The number of carbonyl (C=O) groups is 3. The molecule has 2 aliphatic heterocycles. The van der Waals surface area contributed by atoms with E-state index in [1.54, 1.807) is 0 Å². The Hall–Kier alpha value is -3.72. The molecule has 47 heavy (non-hydrogen) atoms. The third-order valence-corrected chi connectivity index (χ3v) is 10.5. The molecule has 2 fully saturated rings. The maximum atomic E-state index is 14.1. The lowest BCUT2D eigenvalue weighted by Crippen LogP contribution is -2.64. The van der Waals surface area contributed by atoms with Crippen molar-refractivity contribution in [1.82, 2.24) is 25.8 Å². The van der Waals surface area contributed by atoms with Crippen LogP contribution < -0.4 is 16.0 Å². The van der Waals surface area contributed by atoms with Crippen molar-refractivity contribution in [3.63, 3.8) is 0 Å². The van der Waals surface area contributed by atoms with E-state index in [1.165, 1.54) is 12.0 Å². The third kappa shape index (κ3) is 8.42. The molecule has 0 unspecified atom stereocenters. The molecule has 3 amide bonds. The predicted octanol–water partition coefficient (Wildman–Crippen LogP) is 4.29. The van der Waals surface area contributed by atoms with Gasteiger partial charge in [-0.05, 0) is 53.6 Å². The van der Waals surface area contributed by atoms with Gasteiger partial charge in [0.15, 0.2) is 0 Å². The summed E-state index contributed by atoms with van der Waals surface area (Å²) in [7, 11) is 0. The fourth-order valence-electron chi connectivity index (χ4n) is 7.51. The first-order valence-electron chi connectivity index (χ1n) is 17.1. The highest BCUT2D eigenvalue weighted by Crippen LogP contribution is 2.34. The van der Waals surface area contributed by atoms with Crippen molar-refractivity contribution < 1.29 is 14.4 Å². The van der Waals surface area contributed by atoms with Crippen LogP contribution in [0, 0.1) is 0 Å². The first-order valence-corrected chi connectivity index (χ1v) is 17.5. The molecule has 1 aliphatic carbocycles. The van der Waals surface area contributed by atoms with Crippen molar-refractivity contribution in [3.05, 3.63) is 106 Å². The Kier molecular flexibility index (Phi) is 10.9. The maximum Gasteiger partial charge on any atom is 0.245 e. The van der Waals surface area contributed by atoms with Crippen LogP contribution in [0.1, 0.15) is 54.4 Å². The van der Waals surface area contributed by atoms with E-state index < -0.39 is 12.1 Å². The molecule has 3 aromatic rings. The molecule has 3 aliphatic rings. The van der Waals surface area contributed by atoms with Gasteiger partial charge in [-0.25, -0.2) is 0 Å². The molecular weight excluding hydrogens is 610 g/mol. The average molecular weight is 656 g/mol. The normalized spacial score (nSPS) is 20.1. The molecule has 1 saturated carbocycles. The quantitative estimate of drug-likeness (QED) is 0.303. The maximum absolute atomic E-state index is 14.1. The molecule has 0 spiro atoms. The van der Waals surface area contributed by atoms with Crippen molar-refractivity contribution >= 4 is 29.3 Å². The minimum Gasteiger partial charge on any atom is -0.354 e. The molecule has 9 heteroatoms. The highest BCUT2D eigenvalue weighted by Gasteiger charge is 2.41. The van der Waals surface area contributed by atoms with Crippen LogP contribution in [0.2, 0.25) is 5.02 Å². The monoisotopic (exact) mass is 655 g/mol. The van der Waals surface area contributed by atoms with Crippen LogP contribution in [0.3, 0.4) is 0 Å². The SMILES string of the molecule is O=C(Cc1ccccc1)NCC1(N2CCN(C(=O)[C@@H](Cc3ccc(Cl)cc3)NC(=O)[C@H]3Cc4ccccc4CN3)CC2)CCCCC1. The van der Waals surface area contributed by atoms with Crippen LogP contribution in [0.4, 0.5) is 0 Å². The number of piperazine rings is 1. The third-order valence-electron chi connectivity index (χ3n) is 10.2. The molecule has 2 atom stereocenters. The molecule has 8 nitrogen and oxygen atoms in total. The lowest BCUT2D eigenvalue weighted by Gasteiger charge is -2.50. The molecule has 0 radical (unpaired) electrons. The van der Waals surface area contributed by atoms with E-state index in [0.717, 1.165) is 55.5 Å². The van der Waals surface area contributed by atoms with Crippen LogP contribution in [-0.2, 0) is 40.2 Å². The number of fused-ring (bicyclic) bond motifs is 1. The number of hydrogen-bond acceptors (Lipinski definition) is 5. The number of carbonyl (C=O) groups excluding carboxylic acids is 3. The predicted molar refractivity (Wildman–Crippen MR) is 185 cm³/mol. The number of rotatable bonds is 10. The van der Waals surface area contributed by atoms with Crippen LogP contribution in [0.25, 0.3) is 0 Å². The van der Waals surface area contributed by atoms with Gasteiger partial charge in [0.05, 0.1) is 12.5 Å². The highest BCUT2D eigenvalue weighted by atomic mass is 35.5. The van der Waals surface area contributed by atoms with Crippen LogP contribution in [0.15, 0.2) is 78.9 Å². The smallest absolute Gasteiger partial charge is 0.245 e. The first kappa shape index (κ1) is 33.2. The van der Waals surface area contributed by atoms with Gasteiger partial charge in [-0.15, -0.1) is 0 Å². The van der Waals surface area contributed by atoms with Gasteiger partial charge in [0, 0.05) is 56.3 Å². The molecule has 248 valence electrons. The Labute approximate surface area is 283 Å². The molecule has 6 rings (SSSR count). The minimum absolute atomic E-state index is 0.0479. The lowest BCUT2D eigenvalue weighted by atomic mass is 9.79. The van der Waals surface area contributed by atoms with Crippen LogP contribution in [-0.4, -0.2) is 77.9 Å². The molecule has 0 aromatic heterocycles. The largest absolute Gasteiger partial charge is 0.354 e. The number of benzene rings is 3. The van der Waals surface area contributed by atoms with E-state index in [1.807, 2.05) is 71.6 Å². The van der Waals surface area contributed by atoms with Crippen molar-refractivity contribution in [2.75, 3.05) is 32.7 Å². The number of hydrogen-bond donors (Lipinski definition) is 3. The van der Waals surface area contributed by atoms with Gasteiger partial charge in [-0.3, -0.25) is 19.3 Å². The summed E-state index contributed by atoms with van der Waals surface area (Å²) >= 11 is 6.14. The van der Waals surface area contributed by atoms with Crippen LogP contribution in [0.5, 0.6) is 0 Å². The van der Waals surface area contributed by atoms with Gasteiger partial charge in [0.1, 0.15) is 6.04 Å². The zero-order valence-corrected chi connectivity index (χ0v) is 27.8. The summed E-state index contributed by atoms with van der Waals surface area (Å²) in [6, 6.07) is 24.4. The highest BCUT2D eigenvalue weighted by molar-refractivity contribution is 6.30. The standard InChI is InChI=1S/C38H46ClN5O3/c39-32-15-13-29(14-16-32)23-34(42-36(46)33-25-30-11-5-6-12-31(30)26-40-33)37(47)43-19-21-44(22-20-43)38(17-7-2-8-18-38)27-41-35(45)24-28-9-3-1-4-10-28/h1,3-6,9-16,33-34,40H,2,7-8,17-27H2,(H,41,45)(H,42,46)/t33-,34-/m1/s1. The minimum atomic E-state index is -0.685. The number of halogens is 1. The van der Waals surface area contributed by atoms with Crippen LogP contribution >= 0.6 is 11.6 Å². The second-order valence-electron chi connectivity index (χ2n) is 13.3. The van der Waals surface area contributed by atoms with Gasteiger partial charge in [-0.1, -0.05) is 97.6 Å². The van der Waals surface area contributed by atoms with Crippen molar-refractivity contribution in [2.45, 2.75) is 75.5 Å². The van der Waals surface area contributed by atoms with E-state index in [4.69, 9.17) is 11.6 Å².